The van der Waals surface area contributed by atoms with E-state index in [1.165, 1.54) is 17.8 Å². The van der Waals surface area contributed by atoms with Crippen LogP contribution in [0, 0.1) is 12.3 Å². The maximum Gasteiger partial charge on any atom is 0.304 e. The highest BCUT2D eigenvalue weighted by atomic mass is 35.5. The molecule has 0 spiro atoms. The molecular formula is C20H17ClN4O3. The van der Waals surface area contributed by atoms with Crippen molar-refractivity contribution in [2.24, 2.45) is 0 Å². The standard InChI is InChI=1S/C20H17ClN4O3/c1-3-8-24(19-7-5-16(21)10-22-19)11-15-4-6-18-17(9-15)20(27)25(12-23-18)13-28-14(2)26/h1,4-7,9-10,12H,8,11,13H2,2H3. The Morgan fingerprint density at radius 2 is 2.14 bits per heavy atom. The first-order valence-electron chi connectivity index (χ1n) is 8.39. The topological polar surface area (TPSA) is 77.3 Å². The van der Waals surface area contributed by atoms with Gasteiger partial charge in [0, 0.05) is 19.7 Å². The summed E-state index contributed by atoms with van der Waals surface area (Å²) in [7, 11) is 0. The lowest BCUT2D eigenvalue weighted by atomic mass is 10.1. The number of benzene rings is 1. The van der Waals surface area contributed by atoms with Crippen LogP contribution >= 0.6 is 11.6 Å². The average Bonchev–Trinajstić information content (AvgIpc) is 2.68. The van der Waals surface area contributed by atoms with Gasteiger partial charge in [-0.2, -0.15) is 0 Å². The molecule has 7 nitrogen and oxygen atoms in total. The SMILES string of the molecule is C#CCN(Cc1ccc2ncn(COC(C)=O)c(=O)c2c1)c1ccc(Cl)cn1. The molecule has 0 radical (unpaired) electrons. The van der Waals surface area contributed by atoms with E-state index in [1.54, 1.807) is 30.5 Å². The van der Waals surface area contributed by atoms with Crippen LogP contribution < -0.4 is 10.5 Å². The lowest BCUT2D eigenvalue weighted by Gasteiger charge is -2.21. The van der Waals surface area contributed by atoms with Gasteiger partial charge in [-0.15, -0.1) is 6.42 Å². The molecule has 8 heteroatoms. The molecule has 28 heavy (non-hydrogen) atoms. The number of fused-ring (bicyclic) bond motifs is 1. The van der Waals surface area contributed by atoms with E-state index < -0.39 is 5.97 Å². The molecule has 1 aromatic carbocycles. The average molecular weight is 397 g/mol. The summed E-state index contributed by atoms with van der Waals surface area (Å²) in [4.78, 5) is 34.1. The van der Waals surface area contributed by atoms with Crippen LogP contribution in [0.25, 0.3) is 10.9 Å². The Kier molecular flexibility index (Phi) is 5.92. The van der Waals surface area contributed by atoms with Crippen LogP contribution in [0.5, 0.6) is 0 Å². The van der Waals surface area contributed by atoms with E-state index >= 15 is 0 Å². The maximum atomic E-state index is 12.7. The summed E-state index contributed by atoms with van der Waals surface area (Å²) in [5, 5.41) is 0.964. The number of ether oxygens (including phenoxy) is 1. The second-order valence-electron chi connectivity index (χ2n) is 6.03. The number of hydrogen-bond donors (Lipinski definition) is 0. The Hall–Kier alpha value is -3.37. The van der Waals surface area contributed by atoms with Gasteiger partial charge in [-0.25, -0.2) is 9.97 Å². The second kappa shape index (κ2) is 8.55. The molecule has 3 aromatic rings. The van der Waals surface area contributed by atoms with Crippen LogP contribution in [-0.2, 0) is 22.8 Å². The van der Waals surface area contributed by atoms with Crippen molar-refractivity contribution in [2.45, 2.75) is 20.2 Å². The van der Waals surface area contributed by atoms with E-state index in [9.17, 15) is 9.59 Å². The number of nitrogens with zero attached hydrogens (tertiary/aromatic N) is 4. The largest absolute Gasteiger partial charge is 0.444 e. The van der Waals surface area contributed by atoms with Crippen LogP contribution in [-0.4, -0.2) is 27.0 Å². The summed E-state index contributed by atoms with van der Waals surface area (Å²) in [5.41, 5.74) is 1.13. The molecule has 0 aliphatic rings. The van der Waals surface area contributed by atoms with Crippen LogP contribution in [0.2, 0.25) is 5.02 Å². The normalized spacial score (nSPS) is 10.5. The molecule has 0 N–H and O–H groups in total. The zero-order valence-electron chi connectivity index (χ0n) is 15.1. The van der Waals surface area contributed by atoms with E-state index in [1.807, 2.05) is 11.0 Å². The monoisotopic (exact) mass is 396 g/mol. The first-order chi connectivity index (χ1) is 13.5. The van der Waals surface area contributed by atoms with E-state index in [0.29, 0.717) is 34.8 Å². The fourth-order valence-electron chi connectivity index (χ4n) is 2.66. The number of halogens is 1. The molecule has 0 fully saturated rings. The molecule has 0 bridgehead atoms. The third-order valence-electron chi connectivity index (χ3n) is 3.99. The Labute approximate surface area is 166 Å². The number of carbonyl (C=O) groups is 1. The van der Waals surface area contributed by atoms with Crippen molar-refractivity contribution in [3.05, 3.63) is 63.8 Å². The molecule has 2 aromatic heterocycles. The van der Waals surface area contributed by atoms with Gasteiger partial charge in [0.2, 0.25) is 0 Å². The maximum absolute atomic E-state index is 12.7. The predicted molar refractivity (Wildman–Crippen MR) is 107 cm³/mol. The minimum absolute atomic E-state index is 0.181. The fraction of sp³-hybridized carbons (Fsp3) is 0.200. The highest BCUT2D eigenvalue weighted by Gasteiger charge is 2.11. The fourth-order valence-corrected chi connectivity index (χ4v) is 2.77. The number of aromatic nitrogens is 3. The summed E-state index contributed by atoms with van der Waals surface area (Å²) in [6.45, 7) is 1.89. The minimum Gasteiger partial charge on any atom is -0.444 e. The van der Waals surface area contributed by atoms with E-state index in [0.717, 1.165) is 5.56 Å². The van der Waals surface area contributed by atoms with Crippen molar-refractivity contribution in [1.29, 1.82) is 0 Å². The lowest BCUT2D eigenvalue weighted by molar-refractivity contribution is -0.144. The van der Waals surface area contributed by atoms with Crippen molar-refractivity contribution in [2.75, 3.05) is 11.4 Å². The molecular weight excluding hydrogens is 380 g/mol. The Morgan fingerprint density at radius 3 is 2.82 bits per heavy atom. The molecule has 0 saturated carbocycles. The Balaban J connectivity index is 1.92. The minimum atomic E-state index is -0.471. The molecule has 2 heterocycles. The van der Waals surface area contributed by atoms with Crippen molar-refractivity contribution in [3.63, 3.8) is 0 Å². The van der Waals surface area contributed by atoms with Crippen molar-refractivity contribution in [3.8, 4) is 12.3 Å². The molecule has 142 valence electrons. The summed E-state index contributed by atoms with van der Waals surface area (Å²) in [6, 6.07) is 8.93. The van der Waals surface area contributed by atoms with Gasteiger partial charge in [0.25, 0.3) is 5.56 Å². The number of carbonyl (C=O) groups excluding carboxylic acids is 1. The molecule has 0 unspecified atom stereocenters. The zero-order valence-corrected chi connectivity index (χ0v) is 15.9. The molecule has 0 atom stereocenters. The number of terminal acetylenes is 1. The third kappa shape index (κ3) is 4.48. The number of pyridine rings is 1. The van der Waals surface area contributed by atoms with Crippen molar-refractivity contribution < 1.29 is 9.53 Å². The van der Waals surface area contributed by atoms with Gasteiger partial charge in [-0.1, -0.05) is 23.6 Å². The summed E-state index contributed by atoms with van der Waals surface area (Å²) >= 11 is 5.90. The van der Waals surface area contributed by atoms with Gasteiger partial charge < -0.3 is 9.64 Å². The number of hydrogen-bond acceptors (Lipinski definition) is 6. The van der Waals surface area contributed by atoms with Crippen LogP contribution in [0.3, 0.4) is 0 Å². The first-order valence-corrected chi connectivity index (χ1v) is 8.77. The van der Waals surface area contributed by atoms with E-state index in [2.05, 4.69) is 15.9 Å². The number of esters is 1. The molecule has 0 saturated heterocycles. The molecule has 0 aliphatic heterocycles. The molecule has 3 rings (SSSR count). The predicted octanol–water partition coefficient (Wildman–Crippen LogP) is 2.61. The van der Waals surface area contributed by atoms with Gasteiger partial charge in [0.05, 0.1) is 22.5 Å². The van der Waals surface area contributed by atoms with Gasteiger partial charge in [-0.05, 0) is 29.8 Å². The molecule has 0 aliphatic carbocycles. The van der Waals surface area contributed by atoms with E-state index in [4.69, 9.17) is 22.8 Å². The van der Waals surface area contributed by atoms with Gasteiger partial charge >= 0.3 is 5.97 Å². The number of anilines is 1. The van der Waals surface area contributed by atoms with Crippen LogP contribution in [0.4, 0.5) is 5.82 Å². The van der Waals surface area contributed by atoms with Gasteiger partial charge in [0.15, 0.2) is 6.73 Å². The van der Waals surface area contributed by atoms with Gasteiger partial charge in [0.1, 0.15) is 12.1 Å². The molecule has 0 amide bonds. The summed E-state index contributed by atoms with van der Waals surface area (Å²) < 4.78 is 6.13. The summed E-state index contributed by atoms with van der Waals surface area (Å²) in [5.74, 6) is 2.82. The Bertz CT molecular complexity index is 1100. The quantitative estimate of drug-likeness (QED) is 0.471. The number of rotatable bonds is 6. The second-order valence-corrected chi connectivity index (χ2v) is 6.47. The van der Waals surface area contributed by atoms with E-state index in [-0.39, 0.29) is 12.3 Å². The highest BCUT2D eigenvalue weighted by molar-refractivity contribution is 6.30. The van der Waals surface area contributed by atoms with Crippen LogP contribution in [0.1, 0.15) is 12.5 Å². The summed E-state index contributed by atoms with van der Waals surface area (Å²) in [6.07, 6.45) is 8.40. The first kappa shape index (κ1) is 19.4. The van der Waals surface area contributed by atoms with Crippen LogP contribution in [0.15, 0.2) is 47.7 Å². The van der Waals surface area contributed by atoms with Crippen molar-refractivity contribution in [1.82, 2.24) is 14.5 Å². The highest BCUT2D eigenvalue weighted by Crippen LogP contribution is 2.18. The smallest absolute Gasteiger partial charge is 0.304 e. The lowest BCUT2D eigenvalue weighted by Crippen LogP contribution is -2.25. The van der Waals surface area contributed by atoms with Gasteiger partial charge in [-0.3, -0.25) is 14.2 Å². The zero-order chi connectivity index (χ0) is 20.1. The Morgan fingerprint density at radius 1 is 1.32 bits per heavy atom. The third-order valence-corrected chi connectivity index (χ3v) is 4.21. The van der Waals surface area contributed by atoms with Crippen molar-refractivity contribution >= 4 is 34.3 Å².